The van der Waals surface area contributed by atoms with E-state index in [1.807, 2.05) is 0 Å². The van der Waals surface area contributed by atoms with Gasteiger partial charge >= 0.3 is 0 Å². The van der Waals surface area contributed by atoms with Gasteiger partial charge in [0.05, 0.1) is 11.8 Å². The van der Waals surface area contributed by atoms with E-state index in [1.54, 1.807) is 0 Å². The van der Waals surface area contributed by atoms with E-state index in [9.17, 15) is 13.2 Å². The molecule has 6 nitrogen and oxygen atoms in total. The Kier molecular flexibility index (Phi) is 5.40. The molecule has 116 valence electrons. The summed E-state index contributed by atoms with van der Waals surface area (Å²) in [7, 11) is -3.41. The lowest BCUT2D eigenvalue weighted by atomic mass is 10.0. The summed E-state index contributed by atoms with van der Waals surface area (Å²) >= 11 is 0. The fraction of sp³-hybridized carbons (Fsp3) is 0.923. The number of nitrogens with zero attached hydrogens (tertiary/aromatic N) is 1. The van der Waals surface area contributed by atoms with Gasteiger partial charge in [0, 0.05) is 6.04 Å². The molecule has 0 bridgehead atoms. The Morgan fingerprint density at radius 1 is 1.10 bits per heavy atom. The van der Waals surface area contributed by atoms with Gasteiger partial charge in [0.2, 0.25) is 15.9 Å². The van der Waals surface area contributed by atoms with Crippen LogP contribution in [0.2, 0.25) is 0 Å². The molecular weight excluding hydrogens is 278 g/mol. The molecule has 0 aromatic rings. The number of carbonyl (C=O) groups excluding carboxylic acids is 1. The van der Waals surface area contributed by atoms with Crippen molar-refractivity contribution in [1.82, 2.24) is 9.62 Å². The molecule has 1 heterocycles. The second kappa shape index (κ2) is 6.87. The summed E-state index contributed by atoms with van der Waals surface area (Å²) in [5.74, 6) is -0.567. The van der Waals surface area contributed by atoms with E-state index in [1.165, 1.54) is 4.31 Å². The SMILES string of the molecule is NC(=O)CN(C1CCNCC1)S(=O)(=O)C1CCCCC1. The van der Waals surface area contributed by atoms with Gasteiger partial charge in [-0.1, -0.05) is 19.3 Å². The largest absolute Gasteiger partial charge is 0.369 e. The van der Waals surface area contributed by atoms with Crippen molar-refractivity contribution < 1.29 is 13.2 Å². The number of primary amides is 1. The van der Waals surface area contributed by atoms with Crippen molar-refractivity contribution >= 4 is 15.9 Å². The van der Waals surface area contributed by atoms with Gasteiger partial charge in [-0.3, -0.25) is 4.79 Å². The van der Waals surface area contributed by atoms with Crippen LogP contribution < -0.4 is 11.1 Å². The average Bonchev–Trinajstić information content (AvgIpc) is 2.46. The number of nitrogens with two attached hydrogens (primary N) is 1. The van der Waals surface area contributed by atoms with Gasteiger partial charge in [-0.25, -0.2) is 8.42 Å². The Labute approximate surface area is 121 Å². The van der Waals surface area contributed by atoms with Gasteiger partial charge < -0.3 is 11.1 Å². The third-order valence-corrected chi connectivity index (χ3v) is 6.72. The first-order valence-corrected chi connectivity index (χ1v) is 9.02. The van der Waals surface area contributed by atoms with Crippen molar-refractivity contribution in [2.45, 2.75) is 56.2 Å². The molecule has 2 rings (SSSR count). The highest BCUT2D eigenvalue weighted by molar-refractivity contribution is 7.89. The van der Waals surface area contributed by atoms with E-state index in [4.69, 9.17) is 5.73 Å². The lowest BCUT2D eigenvalue weighted by Gasteiger charge is -2.36. The second-order valence-electron chi connectivity index (χ2n) is 5.80. The average molecular weight is 303 g/mol. The maximum Gasteiger partial charge on any atom is 0.232 e. The third kappa shape index (κ3) is 3.71. The fourth-order valence-electron chi connectivity index (χ4n) is 3.23. The Hall–Kier alpha value is -0.660. The summed E-state index contributed by atoms with van der Waals surface area (Å²) < 4.78 is 27.0. The first kappa shape index (κ1) is 15.7. The van der Waals surface area contributed by atoms with Crippen LogP contribution in [0, 0.1) is 0 Å². The van der Waals surface area contributed by atoms with Crippen molar-refractivity contribution in [3.05, 3.63) is 0 Å². The summed E-state index contributed by atoms with van der Waals surface area (Å²) in [4.78, 5) is 11.3. The first-order valence-electron chi connectivity index (χ1n) is 7.51. The van der Waals surface area contributed by atoms with E-state index in [0.29, 0.717) is 12.8 Å². The molecule has 1 saturated carbocycles. The highest BCUT2D eigenvalue weighted by Gasteiger charge is 2.38. The lowest BCUT2D eigenvalue weighted by Crippen LogP contribution is -2.52. The zero-order chi connectivity index (χ0) is 14.6. The van der Waals surface area contributed by atoms with Crippen molar-refractivity contribution in [3.8, 4) is 0 Å². The molecule has 0 spiro atoms. The van der Waals surface area contributed by atoms with Crippen LogP contribution in [0.15, 0.2) is 0 Å². The number of sulfonamides is 1. The van der Waals surface area contributed by atoms with Crippen LogP contribution in [0.1, 0.15) is 44.9 Å². The Morgan fingerprint density at radius 3 is 2.25 bits per heavy atom. The molecule has 3 N–H and O–H groups in total. The third-order valence-electron chi connectivity index (χ3n) is 4.33. The van der Waals surface area contributed by atoms with Crippen LogP contribution in [0.5, 0.6) is 0 Å². The number of amides is 1. The van der Waals surface area contributed by atoms with Gasteiger partial charge in [0.1, 0.15) is 0 Å². The van der Waals surface area contributed by atoms with Gasteiger partial charge in [-0.2, -0.15) is 4.31 Å². The summed E-state index contributed by atoms with van der Waals surface area (Å²) in [6.45, 7) is 1.41. The van der Waals surface area contributed by atoms with E-state index in [-0.39, 0.29) is 17.8 Å². The predicted molar refractivity (Wildman–Crippen MR) is 77.6 cm³/mol. The number of nitrogens with one attached hydrogen (secondary N) is 1. The molecule has 1 aliphatic carbocycles. The van der Waals surface area contributed by atoms with Gasteiger partial charge in [0.15, 0.2) is 0 Å². The van der Waals surface area contributed by atoms with E-state index < -0.39 is 15.9 Å². The Morgan fingerprint density at radius 2 is 1.70 bits per heavy atom. The lowest BCUT2D eigenvalue weighted by molar-refractivity contribution is -0.118. The number of carbonyl (C=O) groups is 1. The topological polar surface area (TPSA) is 92.5 Å². The number of rotatable bonds is 5. The molecule has 20 heavy (non-hydrogen) atoms. The van der Waals surface area contributed by atoms with E-state index in [2.05, 4.69) is 5.32 Å². The first-order chi connectivity index (χ1) is 9.51. The number of hydrogen-bond acceptors (Lipinski definition) is 4. The summed E-state index contributed by atoms with van der Waals surface area (Å²) in [6.07, 6.45) is 5.94. The molecule has 0 aromatic carbocycles. The fourth-order valence-corrected chi connectivity index (χ4v) is 5.48. The van der Waals surface area contributed by atoms with E-state index in [0.717, 1.165) is 45.2 Å². The van der Waals surface area contributed by atoms with Crippen LogP contribution in [0.3, 0.4) is 0 Å². The maximum absolute atomic E-state index is 12.8. The Balaban J connectivity index is 2.16. The van der Waals surface area contributed by atoms with Gasteiger partial charge in [-0.15, -0.1) is 0 Å². The van der Waals surface area contributed by atoms with Crippen molar-refractivity contribution in [1.29, 1.82) is 0 Å². The molecule has 1 amide bonds. The molecule has 0 unspecified atom stereocenters. The van der Waals surface area contributed by atoms with Crippen LogP contribution in [0.25, 0.3) is 0 Å². The van der Waals surface area contributed by atoms with Crippen molar-refractivity contribution in [3.63, 3.8) is 0 Å². The molecular formula is C13H25N3O3S. The number of piperidine rings is 1. The summed E-state index contributed by atoms with van der Waals surface area (Å²) in [5.41, 5.74) is 5.27. The Bertz CT molecular complexity index is 426. The van der Waals surface area contributed by atoms with Crippen LogP contribution in [-0.2, 0) is 14.8 Å². The zero-order valence-corrected chi connectivity index (χ0v) is 12.7. The van der Waals surface area contributed by atoms with Crippen molar-refractivity contribution in [2.24, 2.45) is 5.73 Å². The summed E-state index contributed by atoms with van der Waals surface area (Å²) in [6, 6.07) is -0.0873. The number of hydrogen-bond donors (Lipinski definition) is 2. The van der Waals surface area contributed by atoms with E-state index >= 15 is 0 Å². The highest BCUT2D eigenvalue weighted by atomic mass is 32.2. The van der Waals surface area contributed by atoms with Crippen molar-refractivity contribution in [2.75, 3.05) is 19.6 Å². The predicted octanol–water partition coefficient (Wildman–Crippen LogP) is 0.188. The minimum Gasteiger partial charge on any atom is -0.369 e. The molecule has 7 heteroatoms. The minimum atomic E-state index is -3.41. The zero-order valence-electron chi connectivity index (χ0n) is 11.9. The van der Waals surface area contributed by atoms with Crippen LogP contribution >= 0.6 is 0 Å². The standard InChI is InChI=1S/C13H25N3O3S/c14-13(17)10-16(11-6-8-15-9-7-11)20(18,19)12-4-2-1-3-5-12/h11-12,15H,1-10H2,(H2,14,17). The molecule has 2 aliphatic rings. The molecule has 1 saturated heterocycles. The van der Waals surface area contributed by atoms with Gasteiger partial charge in [-0.05, 0) is 38.8 Å². The van der Waals surface area contributed by atoms with Crippen LogP contribution in [0.4, 0.5) is 0 Å². The summed E-state index contributed by atoms with van der Waals surface area (Å²) in [5, 5.41) is 2.89. The van der Waals surface area contributed by atoms with Crippen LogP contribution in [-0.4, -0.2) is 49.6 Å². The molecule has 0 radical (unpaired) electrons. The van der Waals surface area contributed by atoms with Gasteiger partial charge in [0.25, 0.3) is 0 Å². The molecule has 2 fully saturated rings. The minimum absolute atomic E-state index is 0.0873. The monoisotopic (exact) mass is 303 g/mol. The molecule has 1 aliphatic heterocycles. The second-order valence-corrected chi connectivity index (χ2v) is 7.96. The quantitative estimate of drug-likeness (QED) is 0.758. The highest BCUT2D eigenvalue weighted by Crippen LogP contribution is 2.28. The molecule has 0 aromatic heterocycles. The maximum atomic E-state index is 12.8. The molecule has 0 atom stereocenters. The normalized spacial score (nSPS) is 23.1. The smallest absolute Gasteiger partial charge is 0.232 e.